The van der Waals surface area contributed by atoms with Crippen LogP contribution in [0, 0.1) is 17.8 Å². The first-order valence-electron chi connectivity index (χ1n) is 6.54. The fraction of sp³-hybridized carbons (Fsp3) is 0.643. The van der Waals surface area contributed by atoms with E-state index in [-0.39, 0.29) is 0 Å². The van der Waals surface area contributed by atoms with Gasteiger partial charge in [-0.25, -0.2) is 0 Å². The molecule has 0 amide bonds. The molecule has 2 aliphatic rings. The summed E-state index contributed by atoms with van der Waals surface area (Å²) in [6.45, 7) is 2.13. The van der Waals surface area contributed by atoms with Gasteiger partial charge < -0.3 is 5.32 Å². The van der Waals surface area contributed by atoms with Gasteiger partial charge in [0.05, 0.1) is 5.69 Å². The van der Waals surface area contributed by atoms with E-state index in [1.165, 1.54) is 32.2 Å². The molecule has 0 aliphatic heterocycles. The summed E-state index contributed by atoms with van der Waals surface area (Å²) >= 11 is 0. The SMILES string of the molecule is c1ccc(CNCC(C2CC2)C2CC2)nc1. The highest BCUT2D eigenvalue weighted by molar-refractivity contribution is 5.03. The van der Waals surface area contributed by atoms with E-state index in [1.54, 1.807) is 0 Å². The lowest BCUT2D eigenvalue weighted by atomic mass is 9.98. The summed E-state index contributed by atoms with van der Waals surface area (Å²) in [6.07, 6.45) is 7.79. The minimum Gasteiger partial charge on any atom is -0.311 e. The highest BCUT2D eigenvalue weighted by Crippen LogP contribution is 2.48. The zero-order valence-electron chi connectivity index (χ0n) is 9.73. The van der Waals surface area contributed by atoms with Gasteiger partial charge >= 0.3 is 0 Å². The van der Waals surface area contributed by atoms with Crippen LogP contribution < -0.4 is 5.32 Å². The molecule has 2 saturated carbocycles. The number of nitrogens with zero attached hydrogens (tertiary/aromatic N) is 1. The van der Waals surface area contributed by atoms with Gasteiger partial charge in [0.1, 0.15) is 0 Å². The summed E-state index contributed by atoms with van der Waals surface area (Å²) in [5, 5.41) is 3.58. The van der Waals surface area contributed by atoms with Gasteiger partial charge in [0.15, 0.2) is 0 Å². The summed E-state index contributed by atoms with van der Waals surface area (Å²) in [5.74, 6) is 3.05. The molecule has 3 rings (SSSR count). The molecule has 1 aromatic heterocycles. The second kappa shape index (κ2) is 4.54. The largest absolute Gasteiger partial charge is 0.311 e. The van der Waals surface area contributed by atoms with Crippen LogP contribution in [0.25, 0.3) is 0 Å². The molecule has 1 N–H and O–H groups in total. The van der Waals surface area contributed by atoms with E-state index in [0.29, 0.717) is 0 Å². The van der Waals surface area contributed by atoms with E-state index in [2.05, 4.69) is 22.4 Å². The van der Waals surface area contributed by atoms with Crippen molar-refractivity contribution in [3.05, 3.63) is 30.1 Å². The fourth-order valence-corrected chi connectivity index (χ4v) is 2.64. The van der Waals surface area contributed by atoms with Gasteiger partial charge in [-0.3, -0.25) is 4.98 Å². The molecule has 0 spiro atoms. The molecule has 0 atom stereocenters. The van der Waals surface area contributed by atoms with Crippen molar-refractivity contribution in [2.45, 2.75) is 32.2 Å². The summed E-state index contributed by atoms with van der Waals surface area (Å²) in [7, 11) is 0. The third-order valence-electron chi connectivity index (χ3n) is 3.87. The minimum absolute atomic E-state index is 0.927. The normalized spacial score (nSPS) is 20.3. The summed E-state index contributed by atoms with van der Waals surface area (Å²) in [5.41, 5.74) is 1.16. The van der Waals surface area contributed by atoms with Crippen molar-refractivity contribution in [2.24, 2.45) is 17.8 Å². The Morgan fingerprint density at radius 3 is 2.50 bits per heavy atom. The van der Waals surface area contributed by atoms with Gasteiger partial charge in [0.2, 0.25) is 0 Å². The maximum absolute atomic E-state index is 4.33. The maximum atomic E-state index is 4.33. The Hall–Kier alpha value is -0.890. The predicted octanol–water partition coefficient (Wildman–Crippen LogP) is 2.61. The topological polar surface area (TPSA) is 24.9 Å². The molecule has 1 aromatic rings. The van der Waals surface area contributed by atoms with Crippen molar-refractivity contribution in [2.75, 3.05) is 6.54 Å². The van der Waals surface area contributed by atoms with Crippen LogP contribution in [0.5, 0.6) is 0 Å². The highest BCUT2D eigenvalue weighted by atomic mass is 14.9. The Kier molecular flexibility index (Phi) is 2.92. The van der Waals surface area contributed by atoms with Crippen molar-refractivity contribution in [3.63, 3.8) is 0 Å². The maximum Gasteiger partial charge on any atom is 0.0541 e. The van der Waals surface area contributed by atoms with Crippen LogP contribution in [0.4, 0.5) is 0 Å². The standard InChI is InChI=1S/C14H20N2/c1-2-8-16-13(3-1)9-15-10-14(11-4-5-11)12-6-7-12/h1-3,8,11-12,14-15H,4-7,9-10H2. The van der Waals surface area contributed by atoms with E-state index >= 15 is 0 Å². The Morgan fingerprint density at radius 1 is 1.19 bits per heavy atom. The number of pyridine rings is 1. The summed E-state index contributed by atoms with van der Waals surface area (Å²) in [6, 6.07) is 6.13. The second-order valence-electron chi connectivity index (χ2n) is 5.29. The van der Waals surface area contributed by atoms with Crippen molar-refractivity contribution < 1.29 is 0 Å². The summed E-state index contributed by atoms with van der Waals surface area (Å²) < 4.78 is 0. The van der Waals surface area contributed by atoms with Crippen LogP contribution >= 0.6 is 0 Å². The molecule has 0 radical (unpaired) electrons. The Balaban J connectivity index is 1.45. The quantitative estimate of drug-likeness (QED) is 0.790. The highest BCUT2D eigenvalue weighted by Gasteiger charge is 2.40. The van der Waals surface area contributed by atoms with Crippen molar-refractivity contribution >= 4 is 0 Å². The number of hydrogen-bond donors (Lipinski definition) is 1. The molecule has 0 saturated heterocycles. The zero-order valence-corrected chi connectivity index (χ0v) is 9.73. The smallest absolute Gasteiger partial charge is 0.0541 e. The first-order valence-corrected chi connectivity index (χ1v) is 6.54. The molecular weight excluding hydrogens is 196 g/mol. The summed E-state index contributed by atoms with van der Waals surface area (Å²) in [4.78, 5) is 4.33. The van der Waals surface area contributed by atoms with Crippen LogP contribution in [0.2, 0.25) is 0 Å². The van der Waals surface area contributed by atoms with E-state index in [1.807, 2.05) is 12.3 Å². The zero-order chi connectivity index (χ0) is 10.8. The van der Waals surface area contributed by atoms with Crippen LogP contribution in [0.15, 0.2) is 24.4 Å². The molecule has 2 fully saturated rings. The Bertz CT molecular complexity index is 316. The second-order valence-corrected chi connectivity index (χ2v) is 5.29. The van der Waals surface area contributed by atoms with Gasteiger partial charge in [-0.2, -0.15) is 0 Å². The Labute approximate surface area is 97.5 Å². The van der Waals surface area contributed by atoms with Crippen molar-refractivity contribution in [1.82, 2.24) is 10.3 Å². The molecule has 0 unspecified atom stereocenters. The molecule has 2 nitrogen and oxygen atoms in total. The molecule has 0 bridgehead atoms. The minimum atomic E-state index is 0.927. The van der Waals surface area contributed by atoms with Gasteiger partial charge in [-0.1, -0.05) is 6.07 Å². The van der Waals surface area contributed by atoms with Crippen molar-refractivity contribution in [3.8, 4) is 0 Å². The van der Waals surface area contributed by atoms with E-state index in [0.717, 1.165) is 30.0 Å². The predicted molar refractivity (Wildman–Crippen MR) is 64.9 cm³/mol. The van der Waals surface area contributed by atoms with Crippen LogP contribution in [0.1, 0.15) is 31.4 Å². The Morgan fingerprint density at radius 2 is 1.94 bits per heavy atom. The molecule has 2 aliphatic carbocycles. The third-order valence-corrected chi connectivity index (χ3v) is 3.87. The molecule has 2 heteroatoms. The lowest BCUT2D eigenvalue weighted by molar-refractivity contribution is 0.378. The van der Waals surface area contributed by atoms with E-state index < -0.39 is 0 Å². The van der Waals surface area contributed by atoms with Gasteiger partial charge in [0, 0.05) is 12.7 Å². The first kappa shape index (κ1) is 10.3. The van der Waals surface area contributed by atoms with Crippen LogP contribution in [-0.2, 0) is 6.54 Å². The molecule has 0 aromatic carbocycles. The average molecular weight is 216 g/mol. The number of nitrogens with one attached hydrogen (secondary N) is 1. The van der Waals surface area contributed by atoms with E-state index in [9.17, 15) is 0 Å². The third kappa shape index (κ3) is 2.62. The first-order chi connectivity index (χ1) is 7.93. The number of hydrogen-bond acceptors (Lipinski definition) is 2. The molecule has 86 valence electrons. The van der Waals surface area contributed by atoms with Crippen LogP contribution in [-0.4, -0.2) is 11.5 Å². The lowest BCUT2D eigenvalue weighted by Crippen LogP contribution is -2.25. The monoisotopic (exact) mass is 216 g/mol. The molecular formula is C14H20N2. The van der Waals surface area contributed by atoms with Gasteiger partial charge in [-0.05, 0) is 62.1 Å². The molecule has 1 heterocycles. The number of rotatable bonds is 6. The lowest BCUT2D eigenvalue weighted by Gasteiger charge is -2.15. The van der Waals surface area contributed by atoms with Gasteiger partial charge in [-0.15, -0.1) is 0 Å². The fourth-order valence-electron chi connectivity index (χ4n) is 2.64. The van der Waals surface area contributed by atoms with E-state index in [4.69, 9.17) is 0 Å². The molecule has 16 heavy (non-hydrogen) atoms. The van der Waals surface area contributed by atoms with Crippen LogP contribution in [0.3, 0.4) is 0 Å². The number of aromatic nitrogens is 1. The van der Waals surface area contributed by atoms with Crippen molar-refractivity contribution in [1.29, 1.82) is 0 Å². The van der Waals surface area contributed by atoms with Gasteiger partial charge in [0.25, 0.3) is 0 Å². The average Bonchev–Trinajstić information content (AvgIpc) is 3.17.